The van der Waals surface area contributed by atoms with Crippen molar-refractivity contribution in [2.45, 2.75) is 18.6 Å². The number of pyridine rings is 1. The number of piperidine rings is 1. The number of halogens is 2. The molecule has 1 aromatic heterocycles. The highest BCUT2D eigenvalue weighted by Crippen LogP contribution is 2.15. The van der Waals surface area contributed by atoms with Gasteiger partial charge < -0.3 is 5.32 Å². The van der Waals surface area contributed by atoms with Gasteiger partial charge >= 0.3 is 0 Å². The standard InChI is InChI=1S/C12H17ClN2OS.ClH/c13-12-2-1-11(7-15-12)9-17(16)8-10-3-5-14-6-4-10;/h1-2,7,10,14H,3-6,8-9H2;1H. The van der Waals surface area contributed by atoms with Crippen LogP contribution in [-0.4, -0.2) is 28.0 Å². The fraction of sp³-hybridized carbons (Fsp3) is 0.583. The molecule has 6 heteroatoms. The van der Waals surface area contributed by atoms with Crippen molar-refractivity contribution in [1.82, 2.24) is 10.3 Å². The second kappa shape index (κ2) is 8.10. The van der Waals surface area contributed by atoms with E-state index in [2.05, 4.69) is 10.3 Å². The van der Waals surface area contributed by atoms with Crippen LogP contribution in [0.1, 0.15) is 18.4 Å². The lowest BCUT2D eigenvalue weighted by molar-refractivity contribution is 0.405. The molecule has 0 aromatic carbocycles. The molecule has 2 heterocycles. The quantitative estimate of drug-likeness (QED) is 0.869. The van der Waals surface area contributed by atoms with Crippen molar-refractivity contribution in [3.05, 3.63) is 29.0 Å². The Morgan fingerprint density at radius 3 is 2.72 bits per heavy atom. The van der Waals surface area contributed by atoms with Crippen LogP contribution in [0.3, 0.4) is 0 Å². The van der Waals surface area contributed by atoms with Crippen molar-refractivity contribution >= 4 is 34.8 Å². The van der Waals surface area contributed by atoms with Crippen LogP contribution in [0.5, 0.6) is 0 Å². The molecule has 2 rings (SSSR count). The van der Waals surface area contributed by atoms with E-state index in [0.717, 1.165) is 37.2 Å². The van der Waals surface area contributed by atoms with Crippen LogP contribution in [0.2, 0.25) is 5.15 Å². The van der Waals surface area contributed by atoms with Gasteiger partial charge in [-0.15, -0.1) is 12.4 Å². The van der Waals surface area contributed by atoms with E-state index in [1.165, 1.54) is 0 Å². The lowest BCUT2D eigenvalue weighted by atomic mass is 10.0. The summed E-state index contributed by atoms with van der Waals surface area (Å²) >= 11 is 5.71. The first-order chi connectivity index (χ1) is 8.24. The summed E-state index contributed by atoms with van der Waals surface area (Å²) in [6.07, 6.45) is 4.00. The Labute approximate surface area is 122 Å². The molecule has 0 radical (unpaired) electrons. The maximum Gasteiger partial charge on any atom is 0.129 e. The molecule has 0 amide bonds. The summed E-state index contributed by atoms with van der Waals surface area (Å²) in [5, 5.41) is 3.80. The SMILES string of the molecule is Cl.O=S(Cc1ccc(Cl)nc1)CC1CCNCC1. The Kier molecular flexibility index (Phi) is 7.15. The zero-order valence-corrected chi connectivity index (χ0v) is 12.5. The molecular weight excluding hydrogens is 291 g/mol. The molecule has 1 aliphatic rings. The van der Waals surface area contributed by atoms with Crippen molar-refractivity contribution in [1.29, 1.82) is 0 Å². The molecule has 1 aromatic rings. The van der Waals surface area contributed by atoms with Gasteiger partial charge in [0.05, 0.1) is 5.75 Å². The third kappa shape index (κ3) is 5.22. The molecule has 1 fully saturated rings. The van der Waals surface area contributed by atoms with Gasteiger partial charge in [-0.1, -0.05) is 17.7 Å². The van der Waals surface area contributed by atoms with Crippen LogP contribution in [0.25, 0.3) is 0 Å². The zero-order chi connectivity index (χ0) is 12.1. The Morgan fingerprint density at radius 1 is 1.39 bits per heavy atom. The van der Waals surface area contributed by atoms with E-state index < -0.39 is 10.8 Å². The molecule has 1 saturated heterocycles. The van der Waals surface area contributed by atoms with Crippen LogP contribution in [0, 0.1) is 5.92 Å². The van der Waals surface area contributed by atoms with Crippen molar-refractivity contribution in [3.63, 3.8) is 0 Å². The average molecular weight is 309 g/mol. The van der Waals surface area contributed by atoms with Gasteiger partial charge in [0, 0.05) is 22.7 Å². The highest BCUT2D eigenvalue weighted by atomic mass is 35.5. The molecule has 0 saturated carbocycles. The summed E-state index contributed by atoms with van der Waals surface area (Å²) in [7, 11) is -0.786. The summed E-state index contributed by atoms with van der Waals surface area (Å²) in [5.41, 5.74) is 1.00. The van der Waals surface area contributed by atoms with Crippen molar-refractivity contribution < 1.29 is 4.21 Å². The van der Waals surface area contributed by atoms with Crippen molar-refractivity contribution in [2.75, 3.05) is 18.8 Å². The smallest absolute Gasteiger partial charge is 0.129 e. The second-order valence-electron chi connectivity index (χ2n) is 4.43. The van der Waals surface area contributed by atoms with Crippen LogP contribution < -0.4 is 5.32 Å². The molecule has 18 heavy (non-hydrogen) atoms. The van der Waals surface area contributed by atoms with E-state index in [1.54, 1.807) is 12.3 Å². The van der Waals surface area contributed by atoms with Crippen molar-refractivity contribution in [2.24, 2.45) is 5.92 Å². The largest absolute Gasteiger partial charge is 0.317 e. The Bertz CT molecular complexity index is 380. The molecule has 1 unspecified atom stereocenters. The molecule has 0 aliphatic carbocycles. The lowest BCUT2D eigenvalue weighted by Gasteiger charge is -2.21. The molecule has 1 aliphatic heterocycles. The highest BCUT2D eigenvalue weighted by molar-refractivity contribution is 7.84. The third-order valence-corrected chi connectivity index (χ3v) is 4.72. The monoisotopic (exact) mass is 308 g/mol. The number of aromatic nitrogens is 1. The van der Waals surface area contributed by atoms with Crippen LogP contribution >= 0.6 is 24.0 Å². The lowest BCUT2D eigenvalue weighted by Crippen LogP contribution is -2.30. The van der Waals surface area contributed by atoms with Crippen LogP contribution in [0.15, 0.2) is 18.3 Å². The predicted octanol–water partition coefficient (Wildman–Crippen LogP) is 2.41. The molecule has 1 N–H and O–H groups in total. The maximum atomic E-state index is 12.0. The van der Waals surface area contributed by atoms with E-state index in [-0.39, 0.29) is 12.4 Å². The first-order valence-corrected chi connectivity index (χ1v) is 7.77. The van der Waals surface area contributed by atoms with Crippen LogP contribution in [-0.2, 0) is 16.6 Å². The van der Waals surface area contributed by atoms with E-state index in [9.17, 15) is 4.21 Å². The summed E-state index contributed by atoms with van der Waals surface area (Å²) in [6.45, 7) is 2.12. The van der Waals surface area contributed by atoms with Gasteiger partial charge in [0.15, 0.2) is 0 Å². The van der Waals surface area contributed by atoms with Gasteiger partial charge in [-0.3, -0.25) is 4.21 Å². The summed E-state index contributed by atoms with van der Waals surface area (Å²) in [4.78, 5) is 4.00. The fourth-order valence-corrected chi connectivity index (χ4v) is 3.68. The minimum atomic E-state index is -0.786. The number of nitrogens with one attached hydrogen (secondary N) is 1. The number of hydrogen-bond donors (Lipinski definition) is 1. The summed E-state index contributed by atoms with van der Waals surface area (Å²) in [5.74, 6) is 2.01. The van der Waals surface area contributed by atoms with Crippen LogP contribution in [0.4, 0.5) is 0 Å². The average Bonchev–Trinajstić information content (AvgIpc) is 2.33. The normalized spacial score (nSPS) is 18.1. The van der Waals surface area contributed by atoms with Gasteiger partial charge in [0.1, 0.15) is 5.15 Å². The van der Waals surface area contributed by atoms with E-state index in [0.29, 0.717) is 16.8 Å². The van der Waals surface area contributed by atoms with E-state index in [4.69, 9.17) is 11.6 Å². The van der Waals surface area contributed by atoms with Gasteiger partial charge in [-0.05, 0) is 43.5 Å². The fourth-order valence-electron chi connectivity index (χ4n) is 2.05. The second-order valence-corrected chi connectivity index (χ2v) is 6.32. The van der Waals surface area contributed by atoms with Gasteiger partial charge in [0.2, 0.25) is 0 Å². The highest BCUT2D eigenvalue weighted by Gasteiger charge is 2.16. The summed E-state index contributed by atoms with van der Waals surface area (Å²) in [6, 6.07) is 3.65. The first-order valence-electron chi connectivity index (χ1n) is 5.90. The topological polar surface area (TPSA) is 42.0 Å². The molecule has 102 valence electrons. The minimum Gasteiger partial charge on any atom is -0.317 e. The molecular formula is C12H18Cl2N2OS. The number of hydrogen-bond acceptors (Lipinski definition) is 3. The Morgan fingerprint density at radius 2 is 2.11 bits per heavy atom. The molecule has 3 nitrogen and oxygen atoms in total. The van der Waals surface area contributed by atoms with E-state index in [1.807, 2.05) is 6.07 Å². The number of nitrogens with zero attached hydrogens (tertiary/aromatic N) is 1. The van der Waals surface area contributed by atoms with Crippen molar-refractivity contribution in [3.8, 4) is 0 Å². The minimum absolute atomic E-state index is 0. The Hall–Kier alpha value is -0.160. The molecule has 0 spiro atoms. The molecule has 1 atom stereocenters. The zero-order valence-electron chi connectivity index (χ0n) is 10.1. The summed E-state index contributed by atoms with van der Waals surface area (Å²) < 4.78 is 12.0. The maximum absolute atomic E-state index is 12.0. The Balaban J connectivity index is 0.00000162. The first kappa shape index (κ1) is 15.9. The van der Waals surface area contributed by atoms with E-state index >= 15 is 0 Å². The van der Waals surface area contributed by atoms with Gasteiger partial charge in [-0.25, -0.2) is 4.98 Å². The third-order valence-electron chi connectivity index (χ3n) is 3.00. The number of rotatable bonds is 4. The van der Waals surface area contributed by atoms with Gasteiger partial charge in [-0.2, -0.15) is 0 Å². The predicted molar refractivity (Wildman–Crippen MR) is 78.8 cm³/mol. The van der Waals surface area contributed by atoms with Gasteiger partial charge in [0.25, 0.3) is 0 Å². The molecule has 0 bridgehead atoms.